The van der Waals surface area contributed by atoms with Crippen molar-refractivity contribution in [3.63, 3.8) is 0 Å². The van der Waals surface area contributed by atoms with E-state index >= 15 is 0 Å². The Balaban J connectivity index is 0.00000312. The molecule has 1 aromatic carbocycles. The maximum Gasteiger partial charge on any atom is 0.191 e. The second kappa shape index (κ2) is 10.8. The van der Waals surface area contributed by atoms with E-state index < -0.39 is 6.10 Å². The van der Waals surface area contributed by atoms with Gasteiger partial charge in [-0.25, -0.2) is 9.98 Å². The molecule has 0 aliphatic heterocycles. The highest BCUT2D eigenvalue weighted by Crippen LogP contribution is 2.23. The lowest BCUT2D eigenvalue weighted by molar-refractivity contribution is 0.181. The van der Waals surface area contributed by atoms with Gasteiger partial charge in [-0.15, -0.1) is 24.0 Å². The minimum Gasteiger partial charge on any atom is -0.387 e. The van der Waals surface area contributed by atoms with E-state index in [0.29, 0.717) is 34.7 Å². The van der Waals surface area contributed by atoms with Gasteiger partial charge in [0, 0.05) is 30.2 Å². The number of hydrogen-bond donors (Lipinski definition) is 3. The van der Waals surface area contributed by atoms with E-state index in [0.717, 1.165) is 5.82 Å². The summed E-state index contributed by atoms with van der Waals surface area (Å²) < 4.78 is 1.66. The molecule has 1 aromatic heterocycles. The van der Waals surface area contributed by atoms with Gasteiger partial charge in [-0.05, 0) is 30.7 Å². The first kappa shape index (κ1) is 21.9. The van der Waals surface area contributed by atoms with E-state index in [1.54, 1.807) is 22.9 Å². The fraction of sp³-hybridized carbons (Fsp3) is 0.400. The van der Waals surface area contributed by atoms with Crippen molar-refractivity contribution in [2.24, 2.45) is 12.0 Å². The molecule has 1 heterocycles. The summed E-state index contributed by atoms with van der Waals surface area (Å²) in [6.07, 6.45) is 0.720. The topological polar surface area (TPSA) is 87.4 Å². The van der Waals surface area contributed by atoms with Gasteiger partial charge in [0.1, 0.15) is 18.7 Å². The quantitative estimate of drug-likeness (QED) is 0.323. The summed E-state index contributed by atoms with van der Waals surface area (Å²) in [5, 5.41) is 21.5. The van der Waals surface area contributed by atoms with Crippen molar-refractivity contribution in [1.82, 2.24) is 25.4 Å². The third-order valence-electron chi connectivity index (χ3n) is 3.26. The van der Waals surface area contributed by atoms with E-state index in [9.17, 15) is 5.11 Å². The molecule has 10 heteroatoms. The summed E-state index contributed by atoms with van der Waals surface area (Å²) in [7, 11) is 1.81. The van der Waals surface area contributed by atoms with Gasteiger partial charge in [-0.2, -0.15) is 5.10 Å². The number of guanidine groups is 1. The molecule has 2 aromatic rings. The average molecular weight is 499 g/mol. The van der Waals surface area contributed by atoms with Crippen molar-refractivity contribution < 1.29 is 5.11 Å². The maximum absolute atomic E-state index is 10.3. The van der Waals surface area contributed by atoms with Crippen LogP contribution in [0.15, 0.2) is 29.5 Å². The van der Waals surface area contributed by atoms with Crippen molar-refractivity contribution in [1.29, 1.82) is 0 Å². The Morgan fingerprint density at radius 2 is 1.96 bits per heavy atom. The van der Waals surface area contributed by atoms with Crippen LogP contribution in [0.5, 0.6) is 0 Å². The van der Waals surface area contributed by atoms with Crippen LogP contribution in [0, 0.1) is 0 Å². The minimum absolute atomic E-state index is 0. The summed E-state index contributed by atoms with van der Waals surface area (Å²) in [5.41, 5.74) is 0.643. The van der Waals surface area contributed by atoms with Crippen LogP contribution in [0.25, 0.3) is 0 Å². The van der Waals surface area contributed by atoms with Crippen LogP contribution in [0.1, 0.15) is 24.4 Å². The Morgan fingerprint density at radius 3 is 2.52 bits per heavy atom. The van der Waals surface area contributed by atoms with E-state index in [1.165, 1.54) is 6.33 Å². The maximum atomic E-state index is 10.3. The highest BCUT2D eigenvalue weighted by molar-refractivity contribution is 14.0. The lowest BCUT2D eigenvalue weighted by Gasteiger charge is -2.16. The second-order valence-electron chi connectivity index (χ2n) is 5.09. The predicted octanol–water partition coefficient (Wildman–Crippen LogP) is 2.53. The molecule has 0 saturated carbocycles. The van der Waals surface area contributed by atoms with Gasteiger partial charge in [-0.1, -0.05) is 23.2 Å². The first-order chi connectivity index (χ1) is 11.5. The van der Waals surface area contributed by atoms with Gasteiger partial charge in [0.05, 0.1) is 6.10 Å². The van der Waals surface area contributed by atoms with E-state index in [1.807, 2.05) is 14.0 Å². The molecule has 0 amide bonds. The molecule has 0 aliphatic rings. The number of aryl methyl sites for hydroxylation is 1. The van der Waals surface area contributed by atoms with Crippen molar-refractivity contribution in [2.75, 3.05) is 13.1 Å². The second-order valence-corrected chi connectivity index (χ2v) is 5.97. The molecular formula is C15H21Cl2IN6O. The lowest BCUT2D eigenvalue weighted by Crippen LogP contribution is -2.39. The molecule has 0 fully saturated rings. The SMILES string of the molecule is CCNC(=NCc1ncnn1C)NCC(O)c1cc(Cl)cc(Cl)c1.I. The van der Waals surface area contributed by atoms with Crippen LogP contribution in [0.3, 0.4) is 0 Å². The predicted molar refractivity (Wildman–Crippen MR) is 111 cm³/mol. The van der Waals surface area contributed by atoms with E-state index in [-0.39, 0.29) is 30.5 Å². The molecule has 0 radical (unpaired) electrons. The number of nitrogens with one attached hydrogen (secondary N) is 2. The van der Waals surface area contributed by atoms with Crippen LogP contribution in [0.4, 0.5) is 0 Å². The third kappa shape index (κ3) is 6.96. The minimum atomic E-state index is -0.764. The monoisotopic (exact) mass is 498 g/mol. The van der Waals surface area contributed by atoms with Crippen molar-refractivity contribution in [2.45, 2.75) is 19.6 Å². The summed E-state index contributed by atoms with van der Waals surface area (Å²) in [4.78, 5) is 8.55. The third-order valence-corrected chi connectivity index (χ3v) is 3.70. The fourth-order valence-corrected chi connectivity index (χ4v) is 2.58. The van der Waals surface area contributed by atoms with Gasteiger partial charge < -0.3 is 15.7 Å². The fourth-order valence-electron chi connectivity index (χ4n) is 2.03. The number of aliphatic hydroxyl groups is 1. The van der Waals surface area contributed by atoms with Gasteiger partial charge >= 0.3 is 0 Å². The largest absolute Gasteiger partial charge is 0.387 e. The lowest BCUT2D eigenvalue weighted by atomic mass is 10.1. The molecule has 1 atom stereocenters. The molecule has 1 unspecified atom stereocenters. The average Bonchev–Trinajstić information content (AvgIpc) is 2.94. The molecule has 0 bridgehead atoms. The smallest absolute Gasteiger partial charge is 0.191 e. The summed E-state index contributed by atoms with van der Waals surface area (Å²) >= 11 is 11.9. The zero-order valence-corrected chi connectivity index (χ0v) is 17.8. The molecular weight excluding hydrogens is 478 g/mol. The van der Waals surface area contributed by atoms with Crippen LogP contribution >= 0.6 is 47.2 Å². The summed E-state index contributed by atoms with van der Waals surface area (Å²) in [6.45, 7) is 3.31. The highest BCUT2D eigenvalue weighted by atomic mass is 127. The highest BCUT2D eigenvalue weighted by Gasteiger charge is 2.10. The Morgan fingerprint density at radius 1 is 1.28 bits per heavy atom. The van der Waals surface area contributed by atoms with Crippen LogP contribution < -0.4 is 10.6 Å². The van der Waals surface area contributed by atoms with Gasteiger partial charge in [0.25, 0.3) is 0 Å². The van der Waals surface area contributed by atoms with Crippen LogP contribution in [-0.2, 0) is 13.6 Å². The zero-order chi connectivity index (χ0) is 17.5. The first-order valence-corrected chi connectivity index (χ1v) is 8.24. The molecule has 3 N–H and O–H groups in total. The number of nitrogens with zero attached hydrogens (tertiary/aromatic N) is 4. The van der Waals surface area contributed by atoms with Gasteiger partial charge in [0.2, 0.25) is 0 Å². The van der Waals surface area contributed by atoms with Crippen molar-refractivity contribution in [3.8, 4) is 0 Å². The van der Waals surface area contributed by atoms with Crippen LogP contribution in [-0.4, -0.2) is 38.9 Å². The van der Waals surface area contributed by atoms with Crippen LogP contribution in [0.2, 0.25) is 10.0 Å². The van der Waals surface area contributed by atoms with E-state index in [2.05, 4.69) is 25.7 Å². The Hall–Kier alpha value is -1.10. The normalized spacial score (nSPS) is 12.4. The number of aromatic nitrogens is 3. The number of aliphatic hydroxyl groups excluding tert-OH is 1. The first-order valence-electron chi connectivity index (χ1n) is 7.48. The molecule has 138 valence electrons. The Kier molecular flexibility index (Phi) is 9.47. The van der Waals surface area contributed by atoms with Gasteiger partial charge in [0.15, 0.2) is 5.96 Å². The Bertz CT molecular complexity index is 689. The molecule has 0 aliphatic carbocycles. The van der Waals surface area contributed by atoms with Crippen molar-refractivity contribution >= 4 is 53.1 Å². The molecule has 0 saturated heterocycles. The van der Waals surface area contributed by atoms with Gasteiger partial charge in [-0.3, -0.25) is 4.68 Å². The number of aliphatic imine (C=N–C) groups is 1. The molecule has 0 spiro atoms. The molecule has 2 rings (SSSR count). The number of rotatable bonds is 6. The summed E-state index contributed by atoms with van der Waals surface area (Å²) in [5.74, 6) is 1.32. The van der Waals surface area contributed by atoms with E-state index in [4.69, 9.17) is 23.2 Å². The summed E-state index contributed by atoms with van der Waals surface area (Å²) in [6, 6.07) is 4.99. The molecule has 7 nitrogen and oxygen atoms in total. The molecule has 25 heavy (non-hydrogen) atoms. The number of benzene rings is 1. The Labute approximate surface area is 173 Å². The zero-order valence-electron chi connectivity index (χ0n) is 13.9. The standard InChI is InChI=1S/C15H20Cl2N6O.HI/c1-3-18-15(20-8-14-21-9-22-23(14)2)19-7-13(24)10-4-11(16)6-12(17)5-10;/h4-6,9,13,24H,3,7-8H2,1-2H3,(H2,18,19,20);1H. The number of halogens is 3. The van der Waals surface area contributed by atoms with Crippen molar-refractivity contribution in [3.05, 3.63) is 46.0 Å². The number of hydrogen-bond acceptors (Lipinski definition) is 4.